The highest BCUT2D eigenvalue weighted by Crippen LogP contribution is 2.29. The van der Waals surface area contributed by atoms with Gasteiger partial charge in [0.1, 0.15) is 0 Å². The average molecular weight is 443 g/mol. The van der Waals surface area contributed by atoms with Crippen LogP contribution in [0.3, 0.4) is 0 Å². The Morgan fingerprint density at radius 2 is 1.97 bits per heavy atom. The van der Waals surface area contributed by atoms with E-state index >= 15 is 0 Å². The highest BCUT2D eigenvalue weighted by Gasteiger charge is 2.27. The minimum atomic E-state index is -0.702. The van der Waals surface area contributed by atoms with Crippen LogP contribution in [-0.2, 0) is 11.3 Å². The smallest absolute Gasteiger partial charge is 0.253 e. The molecular weight excluding hydrogens is 412 g/mol. The summed E-state index contributed by atoms with van der Waals surface area (Å²) >= 11 is 5.94. The molecule has 0 aliphatic carbocycles. The number of carbonyl (C=O) groups is 2. The number of amides is 2. The molecule has 2 N–H and O–H groups in total. The van der Waals surface area contributed by atoms with E-state index in [4.69, 9.17) is 11.6 Å². The molecule has 31 heavy (non-hydrogen) atoms. The number of piperidine rings is 1. The molecule has 1 aromatic carbocycles. The van der Waals surface area contributed by atoms with E-state index in [2.05, 4.69) is 27.4 Å². The van der Waals surface area contributed by atoms with Gasteiger partial charge in [-0.2, -0.15) is 0 Å². The second-order valence-electron chi connectivity index (χ2n) is 8.92. The third kappa shape index (κ3) is 5.97. The molecular formula is C24H31ClN4O2. The average Bonchev–Trinajstić information content (AvgIpc) is 2.78. The van der Waals surface area contributed by atoms with Crippen molar-refractivity contribution in [2.75, 3.05) is 29.2 Å². The summed E-state index contributed by atoms with van der Waals surface area (Å²) < 4.78 is 0. The van der Waals surface area contributed by atoms with E-state index in [9.17, 15) is 9.59 Å². The van der Waals surface area contributed by atoms with Crippen LogP contribution in [0.25, 0.3) is 0 Å². The summed E-state index contributed by atoms with van der Waals surface area (Å²) in [4.78, 5) is 32.1. The first-order valence-electron chi connectivity index (χ1n) is 10.7. The van der Waals surface area contributed by atoms with Crippen molar-refractivity contribution < 1.29 is 9.59 Å². The third-order valence-electron chi connectivity index (χ3n) is 5.75. The van der Waals surface area contributed by atoms with E-state index < -0.39 is 5.41 Å². The lowest BCUT2D eigenvalue weighted by Crippen LogP contribution is -2.35. The maximum Gasteiger partial charge on any atom is 0.253 e. The van der Waals surface area contributed by atoms with Gasteiger partial charge >= 0.3 is 0 Å². The van der Waals surface area contributed by atoms with Gasteiger partial charge in [0.05, 0.1) is 11.0 Å². The number of aromatic nitrogens is 1. The molecule has 0 atom stereocenters. The Hall–Kier alpha value is -2.60. The number of nitrogens with zero attached hydrogens (tertiary/aromatic N) is 2. The zero-order valence-electron chi connectivity index (χ0n) is 18.5. The lowest BCUT2D eigenvalue weighted by molar-refractivity contribution is -0.122. The van der Waals surface area contributed by atoms with E-state index in [-0.39, 0.29) is 17.7 Å². The van der Waals surface area contributed by atoms with Crippen molar-refractivity contribution in [1.29, 1.82) is 0 Å². The Bertz CT molecular complexity index is 909. The van der Waals surface area contributed by atoms with E-state index in [1.807, 2.05) is 24.3 Å². The Kier molecular flexibility index (Phi) is 7.55. The van der Waals surface area contributed by atoms with Crippen molar-refractivity contribution in [3.05, 3.63) is 53.9 Å². The van der Waals surface area contributed by atoms with Crippen LogP contribution in [-0.4, -0.2) is 35.8 Å². The normalized spacial score (nSPS) is 14.9. The molecule has 7 heteroatoms. The molecule has 2 aromatic rings. The number of carbonyl (C=O) groups excluding carboxylic acids is 2. The zero-order chi connectivity index (χ0) is 22.4. The number of pyridine rings is 1. The van der Waals surface area contributed by atoms with Crippen LogP contribution >= 0.6 is 11.6 Å². The minimum absolute atomic E-state index is 0.176. The van der Waals surface area contributed by atoms with E-state index in [0.29, 0.717) is 23.7 Å². The Morgan fingerprint density at radius 3 is 2.61 bits per heavy atom. The molecule has 1 fully saturated rings. The van der Waals surface area contributed by atoms with Crippen LogP contribution in [0.15, 0.2) is 42.7 Å². The molecule has 1 saturated heterocycles. The number of anilines is 2. The van der Waals surface area contributed by atoms with E-state index in [0.717, 1.165) is 37.2 Å². The fourth-order valence-electron chi connectivity index (χ4n) is 3.46. The van der Waals surface area contributed by atoms with E-state index in [1.54, 1.807) is 32.3 Å². The molecule has 6 nitrogen and oxygen atoms in total. The summed E-state index contributed by atoms with van der Waals surface area (Å²) in [5.41, 5.74) is 2.26. The molecule has 1 aliphatic heterocycles. The summed E-state index contributed by atoms with van der Waals surface area (Å²) in [6.45, 7) is 8.05. The molecule has 3 rings (SSSR count). The largest absolute Gasteiger partial charge is 0.371 e. The molecule has 1 aromatic heterocycles. The Labute approximate surface area is 189 Å². The number of benzene rings is 1. The third-order valence-corrected chi connectivity index (χ3v) is 6.42. The highest BCUT2D eigenvalue weighted by molar-refractivity contribution is 6.20. The minimum Gasteiger partial charge on any atom is -0.371 e. The molecule has 0 unspecified atom stereocenters. The van der Waals surface area contributed by atoms with Gasteiger partial charge in [0, 0.05) is 49.3 Å². The standard InChI is InChI=1S/C24H31ClN4O2/c1-17-8-11-29(12-9-17)21-7-6-19(28-23(31)24(2,3)16-25)13-20(21)22(30)27-15-18-5-4-10-26-14-18/h4-7,10,13-14,17H,8-9,11-12,15-16H2,1-3H3,(H,27,30)(H,28,31). The number of rotatable bonds is 7. The number of hydrogen-bond donors (Lipinski definition) is 2. The lowest BCUT2D eigenvalue weighted by Gasteiger charge is -2.33. The van der Waals surface area contributed by atoms with Gasteiger partial charge in [-0.15, -0.1) is 11.6 Å². The van der Waals surface area contributed by atoms with Crippen LogP contribution in [0.4, 0.5) is 11.4 Å². The first-order valence-corrected chi connectivity index (χ1v) is 11.3. The van der Waals surface area contributed by atoms with Crippen molar-refractivity contribution in [3.63, 3.8) is 0 Å². The first kappa shape index (κ1) is 23.1. The highest BCUT2D eigenvalue weighted by atomic mass is 35.5. The van der Waals surface area contributed by atoms with Crippen molar-refractivity contribution in [2.45, 2.75) is 40.2 Å². The quantitative estimate of drug-likeness (QED) is 0.621. The second-order valence-corrected chi connectivity index (χ2v) is 9.18. The molecule has 2 heterocycles. The topological polar surface area (TPSA) is 74.3 Å². The molecule has 0 spiro atoms. The summed E-state index contributed by atoms with van der Waals surface area (Å²) in [5, 5.41) is 5.89. The van der Waals surface area contributed by atoms with Gasteiger partial charge in [0.25, 0.3) is 5.91 Å². The number of hydrogen-bond acceptors (Lipinski definition) is 4. The molecule has 0 saturated carbocycles. The van der Waals surface area contributed by atoms with Crippen LogP contribution in [0.1, 0.15) is 49.5 Å². The number of halogens is 1. The Balaban J connectivity index is 1.84. The van der Waals surface area contributed by atoms with E-state index in [1.165, 1.54) is 0 Å². The molecule has 2 amide bonds. The van der Waals surface area contributed by atoms with Gasteiger partial charge in [-0.1, -0.05) is 13.0 Å². The van der Waals surface area contributed by atoms with Crippen LogP contribution in [0.2, 0.25) is 0 Å². The molecule has 0 bridgehead atoms. The van der Waals surface area contributed by atoms with Crippen molar-refractivity contribution >= 4 is 34.8 Å². The maximum atomic E-state index is 13.1. The first-order chi connectivity index (χ1) is 14.8. The van der Waals surface area contributed by atoms with Gasteiger partial charge in [0.15, 0.2) is 0 Å². The lowest BCUT2D eigenvalue weighted by atomic mass is 9.95. The molecule has 1 aliphatic rings. The van der Waals surface area contributed by atoms with Crippen LogP contribution in [0, 0.1) is 11.3 Å². The predicted octanol–water partition coefficient (Wildman–Crippen LogP) is 4.45. The van der Waals surface area contributed by atoms with Crippen molar-refractivity contribution in [1.82, 2.24) is 10.3 Å². The maximum absolute atomic E-state index is 13.1. The predicted molar refractivity (Wildman–Crippen MR) is 126 cm³/mol. The van der Waals surface area contributed by atoms with Gasteiger partial charge in [-0.3, -0.25) is 14.6 Å². The number of alkyl halides is 1. The van der Waals surface area contributed by atoms with Crippen molar-refractivity contribution in [3.8, 4) is 0 Å². The second kappa shape index (κ2) is 10.1. The van der Waals surface area contributed by atoms with Crippen LogP contribution in [0.5, 0.6) is 0 Å². The van der Waals surface area contributed by atoms with Gasteiger partial charge in [0.2, 0.25) is 5.91 Å². The Morgan fingerprint density at radius 1 is 1.23 bits per heavy atom. The monoisotopic (exact) mass is 442 g/mol. The summed E-state index contributed by atoms with van der Waals surface area (Å²) in [6.07, 6.45) is 5.63. The van der Waals surface area contributed by atoms with Crippen molar-refractivity contribution in [2.24, 2.45) is 11.3 Å². The van der Waals surface area contributed by atoms with Gasteiger partial charge < -0.3 is 15.5 Å². The van der Waals surface area contributed by atoms with Gasteiger partial charge in [-0.25, -0.2) is 0 Å². The zero-order valence-corrected chi connectivity index (χ0v) is 19.2. The van der Waals surface area contributed by atoms with Crippen LogP contribution < -0.4 is 15.5 Å². The SMILES string of the molecule is CC1CCN(c2ccc(NC(=O)C(C)(C)CCl)cc2C(=O)NCc2cccnc2)CC1. The molecule has 166 valence electrons. The molecule has 0 radical (unpaired) electrons. The fourth-order valence-corrected chi connectivity index (χ4v) is 3.58. The van der Waals surface area contributed by atoms with Gasteiger partial charge in [-0.05, 0) is 62.4 Å². The summed E-state index contributed by atoms with van der Waals surface area (Å²) in [7, 11) is 0. The summed E-state index contributed by atoms with van der Waals surface area (Å²) in [5.74, 6) is 0.547. The number of nitrogens with one attached hydrogen (secondary N) is 2. The fraction of sp³-hybridized carbons (Fsp3) is 0.458. The summed E-state index contributed by atoms with van der Waals surface area (Å²) in [6, 6.07) is 9.31.